The molecule has 1 aliphatic heterocycles. The quantitative estimate of drug-likeness (QED) is 0.729. The Bertz CT molecular complexity index is 1040. The van der Waals surface area contributed by atoms with Gasteiger partial charge in [0, 0.05) is 17.5 Å². The SMILES string of the molecule is Cc1c(C(=O)NCC(c2ccc3c(c2)OCO3)N(C)C)oc2c(C)cccc12. The van der Waals surface area contributed by atoms with Gasteiger partial charge in [-0.25, -0.2) is 0 Å². The summed E-state index contributed by atoms with van der Waals surface area (Å²) in [7, 11) is 3.97. The number of amides is 1. The van der Waals surface area contributed by atoms with Gasteiger partial charge < -0.3 is 24.1 Å². The van der Waals surface area contributed by atoms with Gasteiger partial charge in [-0.3, -0.25) is 4.79 Å². The van der Waals surface area contributed by atoms with E-state index in [1.54, 1.807) is 0 Å². The van der Waals surface area contributed by atoms with Crippen LogP contribution in [0.3, 0.4) is 0 Å². The third-order valence-electron chi connectivity index (χ3n) is 5.23. The van der Waals surface area contributed by atoms with Crippen LogP contribution in [0.5, 0.6) is 11.5 Å². The maximum absolute atomic E-state index is 12.8. The zero-order valence-corrected chi connectivity index (χ0v) is 16.5. The summed E-state index contributed by atoms with van der Waals surface area (Å²) in [6, 6.07) is 11.8. The fourth-order valence-corrected chi connectivity index (χ4v) is 3.59. The van der Waals surface area contributed by atoms with Crippen molar-refractivity contribution < 1.29 is 18.7 Å². The van der Waals surface area contributed by atoms with E-state index in [9.17, 15) is 4.79 Å². The number of hydrogen-bond donors (Lipinski definition) is 1. The normalized spacial score (nSPS) is 13.9. The molecule has 2 aromatic carbocycles. The number of fused-ring (bicyclic) bond motifs is 2. The van der Waals surface area contributed by atoms with Crippen LogP contribution in [0.1, 0.15) is 33.3 Å². The van der Waals surface area contributed by atoms with Crippen molar-refractivity contribution in [3.8, 4) is 11.5 Å². The van der Waals surface area contributed by atoms with Crippen LogP contribution in [0.15, 0.2) is 40.8 Å². The van der Waals surface area contributed by atoms with E-state index in [0.717, 1.165) is 39.2 Å². The number of hydrogen-bond acceptors (Lipinski definition) is 5. The highest BCUT2D eigenvalue weighted by Gasteiger charge is 2.23. The molecule has 3 aromatic rings. The van der Waals surface area contributed by atoms with Crippen LogP contribution in [0.4, 0.5) is 0 Å². The van der Waals surface area contributed by atoms with E-state index in [0.29, 0.717) is 12.3 Å². The second-order valence-corrected chi connectivity index (χ2v) is 7.31. The molecule has 6 nitrogen and oxygen atoms in total. The molecule has 28 heavy (non-hydrogen) atoms. The number of aryl methyl sites for hydroxylation is 2. The lowest BCUT2D eigenvalue weighted by atomic mass is 10.0. The first-order valence-electron chi connectivity index (χ1n) is 9.28. The number of benzene rings is 2. The molecule has 1 aromatic heterocycles. The van der Waals surface area contributed by atoms with Gasteiger partial charge in [-0.15, -0.1) is 0 Å². The molecule has 1 aliphatic rings. The molecule has 0 bridgehead atoms. The van der Waals surface area contributed by atoms with Gasteiger partial charge in [0.05, 0.1) is 6.04 Å². The van der Waals surface area contributed by atoms with Crippen LogP contribution in [0.2, 0.25) is 0 Å². The Balaban J connectivity index is 1.54. The Morgan fingerprint density at radius 1 is 1.14 bits per heavy atom. The van der Waals surface area contributed by atoms with Crippen molar-refractivity contribution in [3.63, 3.8) is 0 Å². The summed E-state index contributed by atoms with van der Waals surface area (Å²) >= 11 is 0. The highest BCUT2D eigenvalue weighted by Crippen LogP contribution is 2.35. The summed E-state index contributed by atoms with van der Waals surface area (Å²) in [5.41, 5.74) is 3.70. The highest BCUT2D eigenvalue weighted by atomic mass is 16.7. The molecular formula is C22H24N2O4. The number of furan rings is 1. The molecule has 0 aliphatic carbocycles. The van der Waals surface area contributed by atoms with Gasteiger partial charge in [0.25, 0.3) is 5.91 Å². The van der Waals surface area contributed by atoms with Gasteiger partial charge in [0.15, 0.2) is 17.3 Å². The van der Waals surface area contributed by atoms with Gasteiger partial charge in [-0.1, -0.05) is 24.3 Å². The first kappa shape index (κ1) is 18.4. The summed E-state index contributed by atoms with van der Waals surface area (Å²) in [5, 5.41) is 4.00. The molecule has 1 atom stereocenters. The van der Waals surface area contributed by atoms with Crippen molar-refractivity contribution in [2.24, 2.45) is 0 Å². The molecule has 0 saturated carbocycles. The molecule has 1 N–H and O–H groups in total. The number of likely N-dealkylation sites (N-methyl/N-ethyl adjacent to an activating group) is 1. The van der Waals surface area contributed by atoms with Crippen LogP contribution in [-0.2, 0) is 0 Å². The monoisotopic (exact) mass is 380 g/mol. The van der Waals surface area contributed by atoms with Crippen LogP contribution in [0, 0.1) is 13.8 Å². The highest BCUT2D eigenvalue weighted by molar-refractivity contribution is 5.99. The molecule has 4 rings (SSSR count). The van der Waals surface area contributed by atoms with Crippen LogP contribution in [0.25, 0.3) is 11.0 Å². The zero-order chi connectivity index (χ0) is 19.8. The number of rotatable bonds is 5. The predicted octanol–water partition coefficient (Wildman–Crippen LogP) is 3.81. The third kappa shape index (κ3) is 3.20. The van der Waals surface area contributed by atoms with E-state index in [-0.39, 0.29) is 18.7 Å². The molecule has 6 heteroatoms. The predicted molar refractivity (Wildman–Crippen MR) is 107 cm³/mol. The molecule has 0 saturated heterocycles. The topological polar surface area (TPSA) is 63.9 Å². The maximum Gasteiger partial charge on any atom is 0.287 e. The molecule has 1 unspecified atom stereocenters. The average Bonchev–Trinajstić information content (AvgIpc) is 3.27. The van der Waals surface area contributed by atoms with Crippen molar-refractivity contribution >= 4 is 16.9 Å². The fraction of sp³-hybridized carbons (Fsp3) is 0.318. The minimum atomic E-state index is -0.208. The van der Waals surface area contributed by atoms with Crippen molar-refractivity contribution in [1.82, 2.24) is 10.2 Å². The average molecular weight is 380 g/mol. The van der Waals surface area contributed by atoms with E-state index in [1.165, 1.54) is 0 Å². The Morgan fingerprint density at radius 3 is 2.68 bits per heavy atom. The molecule has 2 heterocycles. The van der Waals surface area contributed by atoms with Crippen molar-refractivity contribution in [1.29, 1.82) is 0 Å². The molecular weight excluding hydrogens is 356 g/mol. The molecule has 0 radical (unpaired) electrons. The number of carbonyl (C=O) groups excluding carboxylic acids is 1. The molecule has 0 fully saturated rings. The summed E-state index contributed by atoms with van der Waals surface area (Å²) in [5.74, 6) is 1.64. The van der Waals surface area contributed by atoms with Crippen molar-refractivity contribution in [2.45, 2.75) is 19.9 Å². The minimum absolute atomic E-state index is 0.00938. The van der Waals surface area contributed by atoms with Crippen LogP contribution >= 0.6 is 0 Å². The van der Waals surface area contributed by atoms with Gasteiger partial charge in [0.2, 0.25) is 6.79 Å². The van der Waals surface area contributed by atoms with Crippen LogP contribution < -0.4 is 14.8 Å². The first-order chi connectivity index (χ1) is 13.5. The van der Waals surface area contributed by atoms with Gasteiger partial charge in [-0.2, -0.15) is 0 Å². The molecule has 0 spiro atoms. The van der Waals surface area contributed by atoms with Crippen molar-refractivity contribution in [2.75, 3.05) is 27.4 Å². The van der Waals surface area contributed by atoms with Gasteiger partial charge >= 0.3 is 0 Å². The number of ether oxygens (including phenoxy) is 2. The van der Waals surface area contributed by atoms with E-state index in [1.807, 2.05) is 64.3 Å². The van der Waals surface area contributed by atoms with E-state index >= 15 is 0 Å². The number of nitrogens with one attached hydrogen (secondary N) is 1. The largest absolute Gasteiger partial charge is 0.454 e. The van der Waals surface area contributed by atoms with Crippen LogP contribution in [-0.4, -0.2) is 38.2 Å². The Hall–Kier alpha value is -2.99. The summed E-state index contributed by atoms with van der Waals surface area (Å²) < 4.78 is 16.8. The summed E-state index contributed by atoms with van der Waals surface area (Å²) in [6.07, 6.45) is 0. The van der Waals surface area contributed by atoms with Crippen molar-refractivity contribution in [3.05, 3.63) is 58.8 Å². The fourth-order valence-electron chi connectivity index (χ4n) is 3.59. The van der Waals surface area contributed by atoms with E-state index in [2.05, 4.69) is 10.2 Å². The standard InChI is InChI=1S/C22H24N2O4/c1-13-6-5-7-16-14(2)21(28-20(13)16)22(25)23-11-17(24(3)4)15-8-9-18-19(10-15)27-12-26-18/h5-10,17H,11-12H2,1-4H3,(H,23,25). The number of nitrogens with zero attached hydrogens (tertiary/aromatic N) is 1. The minimum Gasteiger partial charge on any atom is -0.454 e. The van der Waals surface area contributed by atoms with E-state index < -0.39 is 0 Å². The van der Waals surface area contributed by atoms with Gasteiger partial charge in [0.1, 0.15) is 5.58 Å². The Labute approximate surface area is 164 Å². The maximum atomic E-state index is 12.8. The Morgan fingerprint density at radius 2 is 1.93 bits per heavy atom. The lowest BCUT2D eigenvalue weighted by molar-refractivity contribution is 0.0915. The number of carbonyl (C=O) groups is 1. The Kier molecular flexibility index (Phi) is 4.73. The lowest BCUT2D eigenvalue weighted by Crippen LogP contribution is -2.34. The lowest BCUT2D eigenvalue weighted by Gasteiger charge is -2.25. The second kappa shape index (κ2) is 7.20. The molecule has 1 amide bonds. The number of para-hydroxylation sites is 1. The zero-order valence-electron chi connectivity index (χ0n) is 16.5. The second-order valence-electron chi connectivity index (χ2n) is 7.31. The third-order valence-corrected chi connectivity index (χ3v) is 5.23. The van der Waals surface area contributed by atoms with E-state index in [4.69, 9.17) is 13.9 Å². The van der Waals surface area contributed by atoms with Gasteiger partial charge in [-0.05, 0) is 51.2 Å². The first-order valence-corrected chi connectivity index (χ1v) is 9.28. The summed E-state index contributed by atoms with van der Waals surface area (Å²) in [6.45, 7) is 4.59. The molecule has 146 valence electrons. The smallest absolute Gasteiger partial charge is 0.287 e. The summed E-state index contributed by atoms with van der Waals surface area (Å²) in [4.78, 5) is 14.9.